The summed E-state index contributed by atoms with van der Waals surface area (Å²) in [7, 11) is 3.85. The summed E-state index contributed by atoms with van der Waals surface area (Å²) < 4.78 is 38.8. The van der Waals surface area contributed by atoms with E-state index in [4.69, 9.17) is 0 Å². The van der Waals surface area contributed by atoms with Crippen LogP contribution in [-0.4, -0.2) is 25.9 Å². The molecule has 2 aromatic rings. The molecule has 30 heavy (non-hydrogen) atoms. The molecule has 160 valence electrons. The van der Waals surface area contributed by atoms with Crippen LogP contribution in [0.4, 0.5) is 18.9 Å². The molecule has 6 heteroatoms. The molecule has 0 atom stereocenters. The van der Waals surface area contributed by atoms with Crippen molar-refractivity contribution in [2.75, 3.05) is 19.0 Å². The van der Waals surface area contributed by atoms with Crippen molar-refractivity contribution in [2.24, 2.45) is 0 Å². The van der Waals surface area contributed by atoms with Crippen molar-refractivity contribution in [3.8, 4) is 0 Å². The zero-order valence-corrected chi connectivity index (χ0v) is 17.3. The second-order valence-corrected chi connectivity index (χ2v) is 7.92. The number of nitrogens with one attached hydrogen (secondary N) is 1. The Labute approximate surface area is 175 Å². The molecule has 1 N–H and O–H groups in total. The largest absolute Gasteiger partial charge is 0.416 e. The van der Waals surface area contributed by atoms with Crippen LogP contribution in [-0.2, 0) is 6.18 Å². The van der Waals surface area contributed by atoms with Crippen molar-refractivity contribution < 1.29 is 18.0 Å². The van der Waals surface area contributed by atoms with Crippen molar-refractivity contribution in [3.05, 3.63) is 71.3 Å². The van der Waals surface area contributed by atoms with Gasteiger partial charge in [0.05, 0.1) is 5.56 Å². The van der Waals surface area contributed by atoms with E-state index >= 15 is 0 Å². The average molecular weight is 416 g/mol. The number of benzene rings is 2. The summed E-state index contributed by atoms with van der Waals surface area (Å²) in [5, 5.41) is 3.41. The van der Waals surface area contributed by atoms with Crippen LogP contribution in [0.15, 0.2) is 54.6 Å². The molecule has 3 rings (SSSR count). The second-order valence-electron chi connectivity index (χ2n) is 7.92. The van der Waals surface area contributed by atoms with Gasteiger partial charge in [0.25, 0.3) is 0 Å². The fraction of sp³-hybridized carbons (Fsp3) is 0.375. The third-order valence-electron chi connectivity index (χ3n) is 5.43. The Hall–Kier alpha value is -2.76. The molecule has 1 saturated carbocycles. The van der Waals surface area contributed by atoms with Gasteiger partial charge in [-0.05, 0) is 54.8 Å². The molecule has 1 aliphatic rings. The van der Waals surface area contributed by atoms with Gasteiger partial charge in [-0.1, -0.05) is 31.4 Å². The van der Waals surface area contributed by atoms with E-state index in [9.17, 15) is 18.0 Å². The molecule has 1 fully saturated rings. The Morgan fingerprint density at radius 1 is 0.933 bits per heavy atom. The number of hydrogen-bond donors (Lipinski definition) is 1. The maximum absolute atomic E-state index is 12.9. The molecule has 0 aliphatic heterocycles. The molecule has 3 nitrogen and oxygen atoms in total. The predicted octanol–water partition coefficient (Wildman–Crippen LogP) is 5.92. The fourth-order valence-electron chi connectivity index (χ4n) is 3.65. The highest BCUT2D eigenvalue weighted by molar-refractivity contribution is 6.08. The highest BCUT2D eigenvalue weighted by atomic mass is 19.4. The first-order valence-electron chi connectivity index (χ1n) is 10.2. The number of alkyl halides is 3. The number of ketones is 1. The number of rotatable bonds is 6. The van der Waals surface area contributed by atoms with E-state index in [2.05, 4.69) is 5.32 Å². The standard InChI is InChI=1S/C24H27F3N2O/c1-29(2)21-14-10-18(11-15-21)23(30)16-22(28-20-6-4-3-5-7-20)17-8-12-19(13-9-17)24(25,26)27/h8-16,20,28H,3-7H2,1-2H3/b22-16-. The van der Waals surface area contributed by atoms with Crippen molar-refractivity contribution in [1.82, 2.24) is 5.32 Å². The lowest BCUT2D eigenvalue weighted by molar-refractivity contribution is -0.137. The average Bonchev–Trinajstić information content (AvgIpc) is 2.73. The van der Waals surface area contributed by atoms with Crippen molar-refractivity contribution >= 4 is 17.2 Å². The zero-order chi connectivity index (χ0) is 21.7. The second kappa shape index (κ2) is 9.37. The minimum atomic E-state index is -4.39. The maximum Gasteiger partial charge on any atom is 0.416 e. The lowest BCUT2D eigenvalue weighted by atomic mass is 9.94. The highest BCUT2D eigenvalue weighted by Crippen LogP contribution is 2.30. The van der Waals surface area contributed by atoms with Crippen molar-refractivity contribution in [3.63, 3.8) is 0 Å². The van der Waals surface area contributed by atoms with Gasteiger partial charge < -0.3 is 10.2 Å². The first-order chi connectivity index (χ1) is 14.2. The third-order valence-corrected chi connectivity index (χ3v) is 5.43. The fourth-order valence-corrected chi connectivity index (χ4v) is 3.65. The molecule has 0 bridgehead atoms. The van der Waals surface area contributed by atoms with E-state index in [0.717, 1.165) is 43.5 Å². The molecule has 0 amide bonds. The van der Waals surface area contributed by atoms with Gasteiger partial charge in [-0.15, -0.1) is 0 Å². The van der Waals surface area contributed by atoms with Crippen LogP contribution in [0.25, 0.3) is 5.70 Å². The van der Waals surface area contributed by atoms with Gasteiger partial charge in [0, 0.05) is 43.2 Å². The van der Waals surface area contributed by atoms with E-state index in [1.165, 1.54) is 24.6 Å². The minimum absolute atomic E-state index is 0.182. The number of allylic oxidation sites excluding steroid dienone is 1. The number of carbonyl (C=O) groups is 1. The van der Waals surface area contributed by atoms with Crippen LogP contribution in [0.3, 0.4) is 0 Å². The molecule has 2 aromatic carbocycles. The van der Waals surface area contributed by atoms with Crippen LogP contribution in [0.1, 0.15) is 53.6 Å². The van der Waals surface area contributed by atoms with Crippen molar-refractivity contribution in [1.29, 1.82) is 0 Å². The summed E-state index contributed by atoms with van der Waals surface area (Å²) in [5.41, 5.74) is 1.97. The van der Waals surface area contributed by atoms with Crippen molar-refractivity contribution in [2.45, 2.75) is 44.3 Å². The van der Waals surface area contributed by atoms with Crippen LogP contribution in [0.5, 0.6) is 0 Å². The van der Waals surface area contributed by atoms with E-state index in [1.807, 2.05) is 31.1 Å². The number of hydrogen-bond acceptors (Lipinski definition) is 3. The summed E-state index contributed by atoms with van der Waals surface area (Å²) >= 11 is 0. The molecule has 0 saturated heterocycles. The lowest BCUT2D eigenvalue weighted by Crippen LogP contribution is -2.30. The first-order valence-corrected chi connectivity index (χ1v) is 10.2. The Bertz CT molecular complexity index is 878. The molecule has 0 unspecified atom stereocenters. The molecule has 1 aliphatic carbocycles. The molecular weight excluding hydrogens is 389 g/mol. The topological polar surface area (TPSA) is 32.3 Å². The van der Waals surface area contributed by atoms with E-state index in [1.54, 1.807) is 12.1 Å². The minimum Gasteiger partial charge on any atom is -0.382 e. The van der Waals surface area contributed by atoms with Gasteiger partial charge in [-0.3, -0.25) is 4.79 Å². The number of carbonyl (C=O) groups excluding carboxylic acids is 1. The van der Waals surface area contributed by atoms with Gasteiger partial charge in [-0.25, -0.2) is 0 Å². The molecule has 0 aromatic heterocycles. The van der Waals surface area contributed by atoms with Crippen LogP contribution < -0.4 is 10.2 Å². The van der Waals surface area contributed by atoms with E-state index in [-0.39, 0.29) is 11.8 Å². The number of nitrogens with zero attached hydrogens (tertiary/aromatic N) is 1. The Balaban J connectivity index is 1.88. The Kier molecular flexibility index (Phi) is 6.85. The number of anilines is 1. The monoisotopic (exact) mass is 416 g/mol. The van der Waals surface area contributed by atoms with Gasteiger partial charge in [-0.2, -0.15) is 13.2 Å². The van der Waals surface area contributed by atoms with E-state index < -0.39 is 11.7 Å². The first kappa shape index (κ1) is 21.9. The normalized spacial score (nSPS) is 15.7. The van der Waals surface area contributed by atoms with E-state index in [0.29, 0.717) is 16.8 Å². The van der Waals surface area contributed by atoms with Crippen LogP contribution >= 0.6 is 0 Å². The molecular formula is C24H27F3N2O. The quantitative estimate of drug-likeness (QED) is 0.469. The Morgan fingerprint density at radius 2 is 1.50 bits per heavy atom. The Morgan fingerprint density at radius 3 is 2.03 bits per heavy atom. The SMILES string of the molecule is CN(C)c1ccc(C(=O)/C=C(\NC2CCCCC2)c2ccc(C(F)(F)F)cc2)cc1. The summed E-state index contributed by atoms with van der Waals surface area (Å²) in [6.45, 7) is 0. The smallest absolute Gasteiger partial charge is 0.382 e. The predicted molar refractivity (Wildman–Crippen MR) is 115 cm³/mol. The highest BCUT2D eigenvalue weighted by Gasteiger charge is 2.30. The lowest BCUT2D eigenvalue weighted by Gasteiger charge is -2.25. The van der Waals surface area contributed by atoms with Gasteiger partial charge >= 0.3 is 6.18 Å². The summed E-state index contributed by atoms with van der Waals surface area (Å²) in [6, 6.07) is 12.4. The maximum atomic E-state index is 12.9. The van der Waals surface area contributed by atoms with Crippen LogP contribution in [0, 0.1) is 0 Å². The molecule has 0 spiro atoms. The zero-order valence-electron chi connectivity index (χ0n) is 17.3. The van der Waals surface area contributed by atoms with Gasteiger partial charge in [0.2, 0.25) is 0 Å². The molecule has 0 heterocycles. The van der Waals surface area contributed by atoms with Gasteiger partial charge in [0.15, 0.2) is 5.78 Å². The molecule has 0 radical (unpaired) electrons. The summed E-state index contributed by atoms with van der Waals surface area (Å²) in [4.78, 5) is 14.8. The number of halogens is 3. The summed E-state index contributed by atoms with van der Waals surface area (Å²) in [6.07, 6.45) is 2.50. The summed E-state index contributed by atoms with van der Waals surface area (Å²) in [5.74, 6) is -0.182. The van der Waals surface area contributed by atoms with Crippen LogP contribution in [0.2, 0.25) is 0 Å². The van der Waals surface area contributed by atoms with Gasteiger partial charge in [0.1, 0.15) is 0 Å². The third kappa shape index (κ3) is 5.65.